The largest absolute Gasteiger partial charge is 0.388 e. The van der Waals surface area contributed by atoms with Gasteiger partial charge in [-0.15, -0.1) is 35.3 Å². The second kappa shape index (κ2) is 8.28. The van der Waals surface area contributed by atoms with Gasteiger partial charge in [0.25, 0.3) is 0 Å². The van der Waals surface area contributed by atoms with Gasteiger partial charge in [-0.2, -0.15) is 0 Å². The number of aromatic nitrogens is 1. The molecule has 7 heteroatoms. The van der Waals surface area contributed by atoms with Crippen molar-refractivity contribution in [1.29, 1.82) is 0 Å². The maximum Gasteiger partial charge on any atom is 0.191 e. The van der Waals surface area contributed by atoms with Gasteiger partial charge in [0.15, 0.2) is 5.96 Å². The maximum atomic E-state index is 10.0. The van der Waals surface area contributed by atoms with Crippen LogP contribution in [0.15, 0.2) is 4.99 Å². The lowest BCUT2D eigenvalue weighted by Crippen LogP contribution is -2.50. The molecule has 0 bridgehead atoms. The molecule has 1 heterocycles. The molecular formula is C14H25IN4OS. The molecule has 0 aliphatic heterocycles. The number of thiazole rings is 1. The van der Waals surface area contributed by atoms with Crippen LogP contribution in [0.5, 0.6) is 0 Å². The number of nitrogens with one attached hydrogen (secondary N) is 2. The number of hydrogen-bond donors (Lipinski definition) is 3. The summed E-state index contributed by atoms with van der Waals surface area (Å²) in [5.74, 6) is 0.746. The smallest absolute Gasteiger partial charge is 0.191 e. The summed E-state index contributed by atoms with van der Waals surface area (Å²) in [6, 6.07) is 0. The summed E-state index contributed by atoms with van der Waals surface area (Å²) in [7, 11) is 1.75. The number of aryl methyl sites for hydroxylation is 2. The molecule has 1 fully saturated rings. The molecule has 0 radical (unpaired) electrons. The lowest BCUT2D eigenvalue weighted by Gasteiger charge is -2.36. The Labute approximate surface area is 147 Å². The molecule has 0 atom stereocenters. The van der Waals surface area contributed by atoms with Crippen LogP contribution in [0.2, 0.25) is 0 Å². The zero-order valence-corrected chi connectivity index (χ0v) is 16.0. The van der Waals surface area contributed by atoms with E-state index >= 15 is 0 Å². The third-order valence-electron chi connectivity index (χ3n) is 3.80. The van der Waals surface area contributed by atoms with Crippen LogP contribution in [0, 0.1) is 13.8 Å². The quantitative estimate of drug-likeness (QED) is 0.384. The van der Waals surface area contributed by atoms with Gasteiger partial charge in [0, 0.05) is 31.4 Å². The molecule has 1 aromatic rings. The van der Waals surface area contributed by atoms with Crippen molar-refractivity contribution in [2.75, 3.05) is 20.1 Å². The minimum absolute atomic E-state index is 0. The Morgan fingerprint density at radius 1 is 1.38 bits per heavy atom. The number of aliphatic imine (C=N–C) groups is 1. The van der Waals surface area contributed by atoms with Gasteiger partial charge >= 0.3 is 0 Å². The van der Waals surface area contributed by atoms with Gasteiger partial charge in [0.05, 0.1) is 16.3 Å². The van der Waals surface area contributed by atoms with E-state index in [9.17, 15) is 5.11 Å². The van der Waals surface area contributed by atoms with Crippen LogP contribution >= 0.6 is 35.3 Å². The normalized spacial score (nSPS) is 16.9. The number of guanidine groups is 1. The summed E-state index contributed by atoms with van der Waals surface area (Å²) in [5.41, 5.74) is 0.598. The molecule has 0 saturated heterocycles. The third-order valence-corrected chi connectivity index (χ3v) is 4.93. The maximum absolute atomic E-state index is 10.0. The Morgan fingerprint density at radius 3 is 2.57 bits per heavy atom. The minimum Gasteiger partial charge on any atom is -0.388 e. The Hall–Kier alpha value is -0.410. The van der Waals surface area contributed by atoms with Crippen molar-refractivity contribution in [2.24, 2.45) is 4.99 Å². The van der Waals surface area contributed by atoms with Gasteiger partial charge in [-0.25, -0.2) is 4.98 Å². The average Bonchev–Trinajstić information content (AvgIpc) is 2.70. The number of aliphatic hydroxyl groups is 1. The Bertz CT molecular complexity index is 466. The topological polar surface area (TPSA) is 69.5 Å². The second-order valence-electron chi connectivity index (χ2n) is 5.43. The van der Waals surface area contributed by atoms with Crippen LogP contribution in [0.3, 0.4) is 0 Å². The Morgan fingerprint density at radius 2 is 2.10 bits per heavy atom. The van der Waals surface area contributed by atoms with E-state index in [1.54, 1.807) is 18.4 Å². The standard InChI is InChI=1S/C14H24N4OS.HI/c1-10-11(2)20-12(18-10)5-8-16-13(15-3)17-9-14(19)6-4-7-14;/h19H,4-9H2,1-3H3,(H2,15,16,17);1H. The van der Waals surface area contributed by atoms with Gasteiger partial charge in [0.1, 0.15) is 0 Å². The van der Waals surface area contributed by atoms with E-state index in [0.29, 0.717) is 6.54 Å². The fourth-order valence-electron chi connectivity index (χ4n) is 2.16. The number of rotatable bonds is 5. The van der Waals surface area contributed by atoms with E-state index < -0.39 is 5.60 Å². The van der Waals surface area contributed by atoms with E-state index in [-0.39, 0.29) is 24.0 Å². The Balaban J connectivity index is 0.00000220. The summed E-state index contributed by atoms with van der Waals surface area (Å²) >= 11 is 1.75. The predicted octanol–water partition coefficient (Wildman–Crippen LogP) is 2.00. The van der Waals surface area contributed by atoms with Crippen molar-refractivity contribution >= 4 is 41.3 Å². The lowest BCUT2D eigenvalue weighted by molar-refractivity contribution is -0.0279. The second-order valence-corrected chi connectivity index (χ2v) is 6.72. The zero-order chi connectivity index (χ0) is 14.6. The molecule has 1 aliphatic rings. The van der Waals surface area contributed by atoms with E-state index in [0.717, 1.165) is 48.9 Å². The molecular weight excluding hydrogens is 399 g/mol. The van der Waals surface area contributed by atoms with Gasteiger partial charge in [-0.1, -0.05) is 0 Å². The highest BCUT2D eigenvalue weighted by Gasteiger charge is 2.34. The van der Waals surface area contributed by atoms with Crippen molar-refractivity contribution in [1.82, 2.24) is 15.6 Å². The SMILES string of the molecule is CN=C(NCCc1nc(C)c(C)s1)NCC1(O)CCC1.I. The van der Waals surface area contributed by atoms with Crippen molar-refractivity contribution in [3.63, 3.8) is 0 Å². The first kappa shape index (κ1) is 18.6. The molecule has 1 aromatic heterocycles. The summed E-state index contributed by atoms with van der Waals surface area (Å²) in [6.45, 7) is 5.51. The van der Waals surface area contributed by atoms with Crippen molar-refractivity contribution in [3.8, 4) is 0 Å². The first-order chi connectivity index (χ1) is 9.52. The van der Waals surface area contributed by atoms with Crippen LogP contribution < -0.4 is 10.6 Å². The van der Waals surface area contributed by atoms with Crippen LogP contribution in [0.25, 0.3) is 0 Å². The van der Waals surface area contributed by atoms with Crippen LogP contribution in [-0.4, -0.2) is 41.8 Å². The number of nitrogens with zero attached hydrogens (tertiary/aromatic N) is 2. The van der Waals surface area contributed by atoms with E-state index in [1.807, 2.05) is 6.92 Å². The molecule has 0 amide bonds. The van der Waals surface area contributed by atoms with Crippen LogP contribution in [0.1, 0.15) is 34.8 Å². The highest BCUT2D eigenvalue weighted by Crippen LogP contribution is 2.30. The lowest BCUT2D eigenvalue weighted by atomic mass is 9.80. The molecule has 21 heavy (non-hydrogen) atoms. The van der Waals surface area contributed by atoms with Gasteiger partial charge in [-0.3, -0.25) is 4.99 Å². The third kappa shape index (κ3) is 5.37. The highest BCUT2D eigenvalue weighted by molar-refractivity contribution is 14.0. The fraction of sp³-hybridized carbons (Fsp3) is 0.714. The van der Waals surface area contributed by atoms with Crippen LogP contribution in [0.4, 0.5) is 0 Å². The van der Waals surface area contributed by atoms with Gasteiger partial charge in [-0.05, 0) is 33.1 Å². The molecule has 1 aliphatic carbocycles. The fourth-order valence-corrected chi connectivity index (χ4v) is 3.10. The van der Waals surface area contributed by atoms with Crippen molar-refractivity contribution < 1.29 is 5.11 Å². The van der Waals surface area contributed by atoms with Gasteiger partial charge < -0.3 is 15.7 Å². The summed E-state index contributed by atoms with van der Waals surface area (Å²) in [6.07, 6.45) is 3.78. The molecule has 0 unspecified atom stereocenters. The Kier molecular flexibility index (Phi) is 7.35. The van der Waals surface area contributed by atoms with Gasteiger partial charge in [0.2, 0.25) is 0 Å². The van der Waals surface area contributed by atoms with E-state index in [1.165, 1.54) is 4.88 Å². The van der Waals surface area contributed by atoms with E-state index in [4.69, 9.17) is 0 Å². The van der Waals surface area contributed by atoms with Crippen LogP contribution in [-0.2, 0) is 6.42 Å². The average molecular weight is 424 g/mol. The first-order valence-electron chi connectivity index (χ1n) is 7.12. The molecule has 120 valence electrons. The molecule has 2 rings (SSSR count). The molecule has 0 spiro atoms. The predicted molar refractivity (Wildman–Crippen MR) is 98.9 cm³/mol. The first-order valence-corrected chi connectivity index (χ1v) is 7.94. The monoisotopic (exact) mass is 424 g/mol. The highest BCUT2D eigenvalue weighted by atomic mass is 127. The molecule has 3 N–H and O–H groups in total. The number of hydrogen-bond acceptors (Lipinski definition) is 4. The summed E-state index contributed by atoms with van der Waals surface area (Å²) < 4.78 is 0. The zero-order valence-electron chi connectivity index (χ0n) is 12.9. The van der Waals surface area contributed by atoms with Crippen molar-refractivity contribution in [2.45, 2.75) is 45.1 Å². The molecule has 1 saturated carbocycles. The summed E-state index contributed by atoms with van der Waals surface area (Å²) in [4.78, 5) is 9.98. The number of halogens is 1. The molecule has 0 aromatic carbocycles. The van der Waals surface area contributed by atoms with Crippen molar-refractivity contribution in [3.05, 3.63) is 15.6 Å². The minimum atomic E-state index is -0.527. The summed E-state index contributed by atoms with van der Waals surface area (Å²) in [5, 5.41) is 17.6. The molecule has 5 nitrogen and oxygen atoms in total. The van der Waals surface area contributed by atoms with E-state index in [2.05, 4.69) is 27.5 Å².